The fourth-order valence-corrected chi connectivity index (χ4v) is 6.76. The van der Waals surface area contributed by atoms with Gasteiger partial charge in [0.15, 0.2) is 24.3 Å². The fraction of sp³-hybridized carbons (Fsp3) is 0.909. The van der Waals surface area contributed by atoms with Gasteiger partial charge in [0.25, 0.3) is 0 Å². The molecule has 0 radical (unpaired) electrons. The molecule has 7 nitrogen and oxygen atoms in total. The topological polar surface area (TPSA) is 80.3 Å². The van der Waals surface area contributed by atoms with Gasteiger partial charge in [-0.25, -0.2) is 4.79 Å². The number of hydrogen-bond acceptors (Lipinski definition) is 7. The number of fused-ring (bicyclic) bond motifs is 3. The second kappa shape index (κ2) is 5.95. The lowest BCUT2D eigenvalue weighted by molar-refractivity contribution is -0.324. The number of carbonyl (C=O) groups is 2. The summed E-state index contributed by atoms with van der Waals surface area (Å²) in [5.41, 5.74) is -0.662. The predicted molar refractivity (Wildman–Crippen MR) is 98.2 cm³/mol. The monoisotopic (exact) mass is 406 g/mol. The standard InChI is InChI=1S/C22H30O7/c1-4-21(2,3)20(24)27-16-14-15(25-18(16)23)17-19(26-14)29-22(28-17)12-6-10-5-11(8-12)9-13(22)7-10/h10-17,19H,4-9H2,1-3H3. The van der Waals surface area contributed by atoms with Crippen LogP contribution in [0.4, 0.5) is 0 Å². The zero-order valence-electron chi connectivity index (χ0n) is 17.3. The molecule has 0 aromatic rings. The third-order valence-electron chi connectivity index (χ3n) is 8.56. The average Bonchev–Trinajstić information content (AvgIpc) is 3.29. The first kappa shape index (κ1) is 18.6. The van der Waals surface area contributed by atoms with Gasteiger partial charge in [-0.1, -0.05) is 6.92 Å². The molecule has 7 aliphatic rings. The number of carbonyl (C=O) groups excluding carboxylic acids is 2. The normalized spacial score (nSPS) is 52.0. The Morgan fingerprint density at radius 1 is 1.03 bits per heavy atom. The summed E-state index contributed by atoms with van der Waals surface area (Å²) in [5.74, 6) is 0.874. The Morgan fingerprint density at radius 2 is 1.69 bits per heavy atom. The summed E-state index contributed by atoms with van der Waals surface area (Å²) < 4.78 is 30.3. The molecule has 5 unspecified atom stereocenters. The highest BCUT2D eigenvalue weighted by molar-refractivity contribution is 5.84. The van der Waals surface area contributed by atoms with Gasteiger partial charge in [-0.05, 0) is 64.2 Å². The molecule has 0 amide bonds. The number of ether oxygens (including phenoxy) is 5. The van der Waals surface area contributed by atoms with Gasteiger partial charge in [0, 0.05) is 11.8 Å². The van der Waals surface area contributed by atoms with Crippen LogP contribution < -0.4 is 0 Å². The first-order chi connectivity index (χ1) is 13.8. The quantitative estimate of drug-likeness (QED) is 0.667. The molecule has 29 heavy (non-hydrogen) atoms. The highest BCUT2D eigenvalue weighted by Gasteiger charge is 2.71. The highest BCUT2D eigenvalue weighted by Crippen LogP contribution is 2.63. The van der Waals surface area contributed by atoms with Crippen molar-refractivity contribution in [2.24, 2.45) is 29.1 Å². The number of rotatable bonds is 3. The zero-order valence-corrected chi connectivity index (χ0v) is 17.3. The molecule has 7 fully saturated rings. The van der Waals surface area contributed by atoms with Crippen molar-refractivity contribution in [1.82, 2.24) is 0 Å². The molecule has 7 heteroatoms. The van der Waals surface area contributed by atoms with Crippen LogP contribution in [0.15, 0.2) is 0 Å². The van der Waals surface area contributed by atoms with Crippen molar-refractivity contribution in [2.45, 2.75) is 95.8 Å². The molecule has 5 atom stereocenters. The van der Waals surface area contributed by atoms with Gasteiger partial charge in [0.2, 0.25) is 6.10 Å². The van der Waals surface area contributed by atoms with E-state index in [0.29, 0.717) is 18.3 Å². The number of esters is 2. The maximum Gasteiger partial charge on any atom is 0.350 e. The van der Waals surface area contributed by atoms with E-state index in [1.54, 1.807) is 13.8 Å². The van der Waals surface area contributed by atoms with Crippen molar-refractivity contribution < 1.29 is 33.3 Å². The molecule has 7 rings (SSSR count). The molecule has 4 bridgehead atoms. The van der Waals surface area contributed by atoms with E-state index in [1.807, 2.05) is 6.92 Å². The van der Waals surface area contributed by atoms with Gasteiger partial charge in [-0.15, -0.1) is 0 Å². The van der Waals surface area contributed by atoms with Crippen molar-refractivity contribution in [1.29, 1.82) is 0 Å². The zero-order chi connectivity index (χ0) is 20.1. The van der Waals surface area contributed by atoms with E-state index in [4.69, 9.17) is 23.7 Å². The fourth-order valence-electron chi connectivity index (χ4n) is 6.76. The summed E-state index contributed by atoms with van der Waals surface area (Å²) in [4.78, 5) is 25.0. The van der Waals surface area contributed by atoms with E-state index >= 15 is 0 Å². The van der Waals surface area contributed by atoms with Crippen molar-refractivity contribution in [3.05, 3.63) is 0 Å². The van der Waals surface area contributed by atoms with Crippen molar-refractivity contribution in [3.63, 3.8) is 0 Å². The van der Waals surface area contributed by atoms with E-state index in [1.165, 1.54) is 6.42 Å². The summed E-state index contributed by atoms with van der Waals surface area (Å²) in [7, 11) is 0. The van der Waals surface area contributed by atoms with Gasteiger partial charge in [0.1, 0.15) is 6.10 Å². The lowest BCUT2D eigenvalue weighted by atomic mass is 9.53. The Kier molecular flexibility index (Phi) is 3.81. The van der Waals surface area contributed by atoms with E-state index in [-0.39, 0.29) is 0 Å². The van der Waals surface area contributed by atoms with Crippen LogP contribution in [0.1, 0.15) is 59.3 Å². The summed E-state index contributed by atoms with van der Waals surface area (Å²) in [5, 5.41) is 0. The maximum atomic E-state index is 12.5. The van der Waals surface area contributed by atoms with Crippen LogP contribution in [-0.4, -0.2) is 48.4 Å². The summed E-state index contributed by atoms with van der Waals surface area (Å²) in [6.45, 7) is 5.53. The smallest absolute Gasteiger partial charge is 0.350 e. The van der Waals surface area contributed by atoms with Gasteiger partial charge in [-0.3, -0.25) is 4.79 Å². The second-order valence-corrected chi connectivity index (χ2v) is 10.7. The lowest BCUT2D eigenvalue weighted by Gasteiger charge is -2.58. The van der Waals surface area contributed by atoms with Gasteiger partial charge < -0.3 is 23.7 Å². The molecular weight excluding hydrogens is 376 g/mol. The lowest BCUT2D eigenvalue weighted by Crippen LogP contribution is -2.59. The molecular formula is C22H30O7. The van der Waals surface area contributed by atoms with E-state index in [2.05, 4.69) is 0 Å². The maximum absolute atomic E-state index is 12.5. The van der Waals surface area contributed by atoms with Crippen LogP contribution >= 0.6 is 0 Å². The Labute approximate surface area is 170 Å². The number of hydrogen-bond donors (Lipinski definition) is 0. The van der Waals surface area contributed by atoms with Crippen LogP contribution in [0, 0.1) is 29.1 Å². The van der Waals surface area contributed by atoms with E-state index in [0.717, 1.165) is 37.5 Å². The van der Waals surface area contributed by atoms with Crippen molar-refractivity contribution in [2.75, 3.05) is 0 Å². The molecule has 0 N–H and O–H groups in total. The average molecular weight is 406 g/mol. The van der Waals surface area contributed by atoms with Gasteiger partial charge in [-0.2, -0.15) is 0 Å². The van der Waals surface area contributed by atoms with Crippen LogP contribution in [-0.2, 0) is 33.3 Å². The summed E-state index contributed by atoms with van der Waals surface area (Å²) in [6, 6.07) is 0. The largest absolute Gasteiger partial charge is 0.454 e. The minimum Gasteiger partial charge on any atom is -0.454 e. The Balaban J connectivity index is 1.20. The molecule has 3 heterocycles. The first-order valence-electron chi connectivity index (χ1n) is 11.2. The Bertz CT molecular complexity index is 717. The first-order valence-corrected chi connectivity index (χ1v) is 11.2. The molecule has 3 aliphatic heterocycles. The third-order valence-corrected chi connectivity index (χ3v) is 8.56. The SMILES string of the molecule is CCC(C)(C)C(=O)OC1C(=O)OC2C3OC4(OC3OC12)C1CC2CC(C1)CC4C2. The van der Waals surface area contributed by atoms with Crippen LogP contribution in [0.3, 0.4) is 0 Å². The predicted octanol–water partition coefficient (Wildman–Crippen LogP) is 2.55. The van der Waals surface area contributed by atoms with Crippen LogP contribution in [0.2, 0.25) is 0 Å². The summed E-state index contributed by atoms with van der Waals surface area (Å²) in [6.07, 6.45) is 3.32. The van der Waals surface area contributed by atoms with Crippen LogP contribution in [0.5, 0.6) is 0 Å². The minimum atomic E-state index is -1.05. The van der Waals surface area contributed by atoms with Crippen molar-refractivity contribution in [3.8, 4) is 0 Å². The van der Waals surface area contributed by atoms with Crippen LogP contribution in [0.25, 0.3) is 0 Å². The summed E-state index contributed by atoms with van der Waals surface area (Å²) >= 11 is 0. The molecule has 3 saturated heterocycles. The Hall–Kier alpha value is -1.18. The van der Waals surface area contributed by atoms with Gasteiger partial charge in [0.05, 0.1) is 5.41 Å². The molecule has 160 valence electrons. The molecule has 4 aliphatic carbocycles. The highest BCUT2D eigenvalue weighted by atomic mass is 16.9. The molecule has 1 spiro atoms. The molecule has 4 saturated carbocycles. The Morgan fingerprint density at radius 3 is 2.31 bits per heavy atom. The molecule has 0 aromatic carbocycles. The van der Waals surface area contributed by atoms with E-state index < -0.39 is 53.8 Å². The minimum absolute atomic E-state index is 0.405. The van der Waals surface area contributed by atoms with Crippen molar-refractivity contribution >= 4 is 11.9 Å². The second-order valence-electron chi connectivity index (χ2n) is 10.7. The van der Waals surface area contributed by atoms with E-state index in [9.17, 15) is 9.59 Å². The molecule has 0 aromatic heterocycles. The van der Waals surface area contributed by atoms with Gasteiger partial charge >= 0.3 is 11.9 Å². The third kappa shape index (κ3) is 2.47.